The molecule has 3 aliphatic rings. The number of nitrogens with one attached hydrogen (secondary N) is 1. The number of ether oxygens (including phenoxy) is 1. The third kappa shape index (κ3) is 3.58. The summed E-state index contributed by atoms with van der Waals surface area (Å²) in [6, 6.07) is 6.51. The maximum absolute atomic E-state index is 11.6. The molecule has 1 N–H and O–H groups in total. The molecule has 0 radical (unpaired) electrons. The van der Waals surface area contributed by atoms with Crippen LogP contribution in [0.1, 0.15) is 32.1 Å². The Hall–Kier alpha value is -2.19. The third-order valence-electron chi connectivity index (χ3n) is 5.92. The lowest BCUT2D eigenvalue weighted by atomic mass is 10.0. The van der Waals surface area contributed by atoms with Crippen LogP contribution in [0.5, 0.6) is 5.75 Å². The van der Waals surface area contributed by atoms with Crippen LogP contribution < -0.4 is 15.0 Å². The van der Waals surface area contributed by atoms with Gasteiger partial charge in [0, 0.05) is 24.7 Å². The first-order valence-electron chi connectivity index (χ1n) is 10.2. The van der Waals surface area contributed by atoms with Crippen molar-refractivity contribution in [3.63, 3.8) is 0 Å². The lowest BCUT2D eigenvalue weighted by molar-refractivity contribution is -0.118. The minimum absolute atomic E-state index is 0.0721. The van der Waals surface area contributed by atoms with Gasteiger partial charge in [-0.3, -0.25) is 4.79 Å². The summed E-state index contributed by atoms with van der Waals surface area (Å²) in [6.45, 7) is 4.70. The smallest absolute Gasteiger partial charge is 0.262 e. The van der Waals surface area contributed by atoms with Crippen molar-refractivity contribution in [2.75, 3.05) is 43.0 Å². The van der Waals surface area contributed by atoms with E-state index in [4.69, 9.17) is 4.74 Å². The number of nitrogens with zero attached hydrogens (tertiary/aromatic N) is 4. The van der Waals surface area contributed by atoms with Gasteiger partial charge in [0.15, 0.2) is 6.61 Å². The van der Waals surface area contributed by atoms with E-state index in [9.17, 15) is 4.79 Å². The molecule has 0 unspecified atom stereocenters. The maximum atomic E-state index is 11.6. The number of carbonyl (C=O) groups is 1. The lowest BCUT2D eigenvalue weighted by Gasteiger charge is -2.40. The second-order valence-corrected chi connectivity index (χ2v) is 8.71. The average molecular weight is 400 g/mol. The third-order valence-corrected chi connectivity index (χ3v) is 6.95. The summed E-state index contributed by atoms with van der Waals surface area (Å²) in [5.74, 6) is 0.576. The molecule has 148 valence electrons. The Balaban J connectivity index is 1.25. The highest BCUT2D eigenvalue weighted by Crippen LogP contribution is 2.36. The highest BCUT2D eigenvalue weighted by Gasteiger charge is 2.27. The number of hydrogen-bond acceptors (Lipinski definition) is 7. The quantitative estimate of drug-likeness (QED) is 0.856. The van der Waals surface area contributed by atoms with Crippen LogP contribution in [0, 0.1) is 0 Å². The van der Waals surface area contributed by atoms with Crippen LogP contribution in [-0.4, -0.2) is 59.8 Å². The Morgan fingerprint density at radius 1 is 1.07 bits per heavy atom. The van der Waals surface area contributed by atoms with Gasteiger partial charge in [0.1, 0.15) is 10.8 Å². The van der Waals surface area contributed by atoms with E-state index in [1.165, 1.54) is 45.2 Å². The molecule has 8 heteroatoms. The number of rotatable bonds is 3. The minimum Gasteiger partial charge on any atom is -0.482 e. The molecule has 4 heterocycles. The van der Waals surface area contributed by atoms with Crippen molar-refractivity contribution in [2.45, 2.75) is 38.1 Å². The molecule has 0 atom stereocenters. The lowest BCUT2D eigenvalue weighted by Crippen LogP contribution is -2.46. The Kier molecular flexibility index (Phi) is 4.90. The van der Waals surface area contributed by atoms with Crippen molar-refractivity contribution in [3.8, 4) is 16.3 Å². The summed E-state index contributed by atoms with van der Waals surface area (Å²) in [5, 5.41) is 13.6. The molecule has 1 aromatic carbocycles. The van der Waals surface area contributed by atoms with Gasteiger partial charge < -0.3 is 19.9 Å². The molecular formula is C20H25N5O2S. The van der Waals surface area contributed by atoms with E-state index < -0.39 is 0 Å². The summed E-state index contributed by atoms with van der Waals surface area (Å²) >= 11 is 1.62. The molecule has 2 aromatic rings. The van der Waals surface area contributed by atoms with Gasteiger partial charge in [-0.05, 0) is 57.0 Å². The molecule has 1 amide bonds. The molecule has 3 aliphatic heterocycles. The molecule has 28 heavy (non-hydrogen) atoms. The SMILES string of the molecule is O=C1COc2ccc(-c3nnc(N4CCC(N5CCCCC5)CC4)s3)cc2N1. The zero-order chi connectivity index (χ0) is 18.9. The summed E-state index contributed by atoms with van der Waals surface area (Å²) < 4.78 is 5.43. The van der Waals surface area contributed by atoms with E-state index in [1.807, 2.05) is 18.2 Å². The first kappa shape index (κ1) is 17.9. The Labute approximate surface area is 168 Å². The van der Waals surface area contributed by atoms with E-state index in [2.05, 4.69) is 25.3 Å². The zero-order valence-corrected chi connectivity index (χ0v) is 16.7. The van der Waals surface area contributed by atoms with Crippen LogP contribution in [0.15, 0.2) is 18.2 Å². The van der Waals surface area contributed by atoms with Gasteiger partial charge in [-0.25, -0.2) is 0 Å². The van der Waals surface area contributed by atoms with Crippen molar-refractivity contribution in [1.82, 2.24) is 15.1 Å². The van der Waals surface area contributed by atoms with Crippen LogP contribution in [0.25, 0.3) is 10.6 Å². The summed E-state index contributed by atoms with van der Waals surface area (Å²) in [6.07, 6.45) is 6.51. The van der Waals surface area contributed by atoms with Crippen LogP contribution in [0.2, 0.25) is 0 Å². The number of fused-ring (bicyclic) bond motifs is 1. The van der Waals surface area contributed by atoms with Gasteiger partial charge in [0.05, 0.1) is 5.69 Å². The molecular weight excluding hydrogens is 374 g/mol. The van der Waals surface area contributed by atoms with E-state index >= 15 is 0 Å². The number of likely N-dealkylation sites (tertiary alicyclic amines) is 1. The predicted octanol–water partition coefficient (Wildman–Crippen LogP) is 2.99. The fourth-order valence-corrected chi connectivity index (χ4v) is 5.27. The Bertz CT molecular complexity index is 856. The fraction of sp³-hybridized carbons (Fsp3) is 0.550. The highest BCUT2D eigenvalue weighted by molar-refractivity contribution is 7.18. The highest BCUT2D eigenvalue weighted by atomic mass is 32.1. The molecule has 2 fully saturated rings. The molecule has 5 rings (SSSR count). The number of carbonyl (C=O) groups excluding carboxylic acids is 1. The van der Waals surface area contributed by atoms with Gasteiger partial charge in [-0.1, -0.05) is 17.8 Å². The van der Waals surface area contributed by atoms with Crippen molar-refractivity contribution < 1.29 is 9.53 Å². The minimum atomic E-state index is -0.126. The second-order valence-electron chi connectivity index (χ2n) is 7.75. The molecule has 0 bridgehead atoms. The molecule has 0 aliphatic carbocycles. The fourth-order valence-electron chi connectivity index (χ4n) is 4.38. The molecule has 1 aromatic heterocycles. The zero-order valence-electron chi connectivity index (χ0n) is 15.9. The monoisotopic (exact) mass is 399 g/mol. The number of aromatic nitrogens is 2. The van der Waals surface area contributed by atoms with E-state index in [1.54, 1.807) is 11.3 Å². The molecule has 2 saturated heterocycles. The van der Waals surface area contributed by atoms with Crippen molar-refractivity contribution in [2.24, 2.45) is 0 Å². The van der Waals surface area contributed by atoms with Crippen LogP contribution in [-0.2, 0) is 4.79 Å². The van der Waals surface area contributed by atoms with Gasteiger partial charge in [-0.15, -0.1) is 10.2 Å². The molecule has 0 saturated carbocycles. The normalized spacial score (nSPS) is 21.1. The summed E-state index contributed by atoms with van der Waals surface area (Å²) in [4.78, 5) is 16.6. The standard InChI is InChI=1S/C20H25N5O2S/c26-18-13-27-17-5-4-14(12-16(17)21-18)19-22-23-20(28-19)25-10-6-15(7-11-25)24-8-2-1-3-9-24/h4-5,12,15H,1-3,6-11,13H2,(H,21,26). The van der Waals surface area contributed by atoms with Gasteiger partial charge in [0.25, 0.3) is 5.91 Å². The first-order valence-corrected chi connectivity index (χ1v) is 11.0. The van der Waals surface area contributed by atoms with Crippen LogP contribution in [0.4, 0.5) is 10.8 Å². The number of amides is 1. The van der Waals surface area contributed by atoms with Crippen molar-refractivity contribution in [3.05, 3.63) is 18.2 Å². The number of benzene rings is 1. The van der Waals surface area contributed by atoms with Crippen molar-refractivity contribution >= 4 is 28.1 Å². The van der Waals surface area contributed by atoms with Gasteiger partial charge >= 0.3 is 0 Å². The predicted molar refractivity (Wildman–Crippen MR) is 110 cm³/mol. The largest absolute Gasteiger partial charge is 0.482 e. The van der Waals surface area contributed by atoms with Crippen LogP contribution >= 0.6 is 11.3 Å². The molecule has 7 nitrogen and oxygen atoms in total. The number of anilines is 2. The Morgan fingerprint density at radius 2 is 1.89 bits per heavy atom. The van der Waals surface area contributed by atoms with E-state index in [-0.39, 0.29) is 12.5 Å². The number of hydrogen-bond donors (Lipinski definition) is 1. The van der Waals surface area contributed by atoms with Crippen LogP contribution in [0.3, 0.4) is 0 Å². The summed E-state index contributed by atoms with van der Waals surface area (Å²) in [5.41, 5.74) is 1.66. The number of piperidine rings is 2. The summed E-state index contributed by atoms with van der Waals surface area (Å²) in [7, 11) is 0. The molecule has 0 spiro atoms. The van der Waals surface area contributed by atoms with Gasteiger partial charge in [-0.2, -0.15) is 0 Å². The van der Waals surface area contributed by atoms with E-state index in [0.717, 1.165) is 34.8 Å². The first-order chi connectivity index (χ1) is 13.8. The maximum Gasteiger partial charge on any atom is 0.262 e. The Morgan fingerprint density at radius 3 is 2.71 bits per heavy atom. The average Bonchev–Trinajstić information content (AvgIpc) is 3.24. The second kappa shape index (κ2) is 7.67. The van der Waals surface area contributed by atoms with Crippen molar-refractivity contribution in [1.29, 1.82) is 0 Å². The van der Waals surface area contributed by atoms with Gasteiger partial charge in [0.2, 0.25) is 5.13 Å². The topological polar surface area (TPSA) is 70.6 Å². The van der Waals surface area contributed by atoms with E-state index in [0.29, 0.717) is 11.4 Å².